The van der Waals surface area contributed by atoms with Gasteiger partial charge in [0, 0.05) is 19.1 Å². The summed E-state index contributed by atoms with van der Waals surface area (Å²) in [6, 6.07) is 6.37. The number of hydrogen-bond acceptors (Lipinski definition) is 2. The van der Waals surface area contributed by atoms with Crippen molar-refractivity contribution in [3.63, 3.8) is 0 Å². The summed E-state index contributed by atoms with van der Waals surface area (Å²) in [5.41, 5.74) is 1.87. The third kappa shape index (κ3) is 3.23. The van der Waals surface area contributed by atoms with Crippen LogP contribution in [-0.2, 0) is 6.54 Å². The normalized spacial score (nSPS) is 25.1. The van der Waals surface area contributed by atoms with Crippen molar-refractivity contribution in [3.8, 4) is 0 Å². The van der Waals surface area contributed by atoms with Crippen LogP contribution in [0.3, 0.4) is 0 Å². The molecule has 2 atom stereocenters. The Balaban J connectivity index is 1.70. The Hall–Kier alpha value is -1.09. The van der Waals surface area contributed by atoms with Gasteiger partial charge in [-0.05, 0) is 55.8 Å². The van der Waals surface area contributed by atoms with E-state index in [0.29, 0.717) is 6.04 Å². The van der Waals surface area contributed by atoms with Crippen LogP contribution < -0.4 is 10.2 Å². The third-order valence-electron chi connectivity index (χ3n) is 5.09. The largest absolute Gasteiger partial charge is 0.366 e. The Morgan fingerprint density at radius 3 is 2.90 bits per heavy atom. The Morgan fingerprint density at radius 2 is 2.10 bits per heavy atom. The monoisotopic (exact) mass is 290 g/mol. The zero-order valence-corrected chi connectivity index (χ0v) is 13.1. The minimum atomic E-state index is -0.0444. The van der Waals surface area contributed by atoms with Gasteiger partial charge in [-0.3, -0.25) is 0 Å². The van der Waals surface area contributed by atoms with Gasteiger partial charge in [-0.1, -0.05) is 25.8 Å². The van der Waals surface area contributed by atoms with E-state index in [2.05, 4.69) is 23.2 Å². The lowest BCUT2D eigenvalue weighted by Crippen LogP contribution is -2.35. The van der Waals surface area contributed by atoms with Crippen molar-refractivity contribution in [1.82, 2.24) is 5.32 Å². The number of anilines is 1. The molecule has 0 aromatic heterocycles. The molecular formula is C18H27FN2. The molecule has 0 spiro atoms. The molecule has 0 bridgehead atoms. The SMILES string of the molecule is CCCNCc1ccc(N2CCC3CCCCC32)c(F)c1. The Morgan fingerprint density at radius 1 is 1.24 bits per heavy atom. The predicted molar refractivity (Wildman–Crippen MR) is 86.1 cm³/mol. The maximum absolute atomic E-state index is 14.5. The molecule has 0 radical (unpaired) electrons. The Kier molecular flexibility index (Phi) is 4.79. The van der Waals surface area contributed by atoms with Crippen LogP contribution in [0.5, 0.6) is 0 Å². The maximum Gasteiger partial charge on any atom is 0.146 e. The first-order valence-corrected chi connectivity index (χ1v) is 8.55. The molecule has 2 fully saturated rings. The predicted octanol–water partition coefficient (Wildman–Crippen LogP) is 4.09. The van der Waals surface area contributed by atoms with Gasteiger partial charge in [0.25, 0.3) is 0 Å². The summed E-state index contributed by atoms with van der Waals surface area (Å²) in [6.45, 7) is 4.92. The summed E-state index contributed by atoms with van der Waals surface area (Å²) in [4.78, 5) is 2.34. The van der Waals surface area contributed by atoms with Crippen molar-refractivity contribution >= 4 is 5.69 Å². The smallest absolute Gasteiger partial charge is 0.146 e. The van der Waals surface area contributed by atoms with E-state index < -0.39 is 0 Å². The van der Waals surface area contributed by atoms with Crippen LogP contribution in [0.1, 0.15) is 51.0 Å². The molecule has 2 nitrogen and oxygen atoms in total. The van der Waals surface area contributed by atoms with E-state index in [9.17, 15) is 4.39 Å². The highest BCUT2D eigenvalue weighted by Crippen LogP contribution is 2.39. The van der Waals surface area contributed by atoms with Gasteiger partial charge in [-0.2, -0.15) is 0 Å². The molecule has 2 unspecified atom stereocenters. The van der Waals surface area contributed by atoms with Gasteiger partial charge < -0.3 is 10.2 Å². The minimum Gasteiger partial charge on any atom is -0.366 e. The molecule has 1 aliphatic carbocycles. The lowest BCUT2D eigenvalue weighted by Gasteiger charge is -2.33. The second kappa shape index (κ2) is 6.78. The number of nitrogens with one attached hydrogen (secondary N) is 1. The van der Waals surface area contributed by atoms with Gasteiger partial charge in [0.15, 0.2) is 0 Å². The van der Waals surface area contributed by atoms with Gasteiger partial charge in [0.05, 0.1) is 5.69 Å². The topological polar surface area (TPSA) is 15.3 Å². The van der Waals surface area contributed by atoms with Crippen molar-refractivity contribution in [2.45, 2.75) is 58.0 Å². The highest BCUT2D eigenvalue weighted by atomic mass is 19.1. The van der Waals surface area contributed by atoms with Crippen LogP contribution in [0.4, 0.5) is 10.1 Å². The fraction of sp³-hybridized carbons (Fsp3) is 0.667. The molecule has 2 aliphatic rings. The highest BCUT2D eigenvalue weighted by molar-refractivity contribution is 5.51. The van der Waals surface area contributed by atoms with Crippen molar-refractivity contribution in [2.24, 2.45) is 5.92 Å². The van der Waals surface area contributed by atoms with Crippen LogP contribution in [0.2, 0.25) is 0 Å². The Labute approximate surface area is 127 Å². The van der Waals surface area contributed by atoms with Crippen LogP contribution in [0.25, 0.3) is 0 Å². The number of nitrogens with zero attached hydrogens (tertiary/aromatic N) is 1. The van der Waals surface area contributed by atoms with Gasteiger partial charge in [-0.25, -0.2) is 4.39 Å². The molecule has 1 aliphatic heterocycles. The van der Waals surface area contributed by atoms with E-state index in [0.717, 1.165) is 43.2 Å². The molecule has 1 aromatic carbocycles. The third-order valence-corrected chi connectivity index (χ3v) is 5.09. The molecule has 21 heavy (non-hydrogen) atoms. The molecule has 0 amide bonds. The first-order chi connectivity index (χ1) is 10.3. The lowest BCUT2D eigenvalue weighted by molar-refractivity contribution is 0.341. The highest BCUT2D eigenvalue weighted by Gasteiger charge is 2.36. The summed E-state index contributed by atoms with van der Waals surface area (Å²) in [5.74, 6) is 0.751. The maximum atomic E-state index is 14.5. The van der Waals surface area contributed by atoms with Gasteiger partial charge in [-0.15, -0.1) is 0 Å². The summed E-state index contributed by atoms with van der Waals surface area (Å²) < 4.78 is 14.5. The molecule has 1 saturated carbocycles. The molecule has 3 rings (SSSR count). The summed E-state index contributed by atoms with van der Waals surface area (Å²) >= 11 is 0. The van der Waals surface area contributed by atoms with Gasteiger partial charge in [0.2, 0.25) is 0 Å². The average molecular weight is 290 g/mol. The summed E-state index contributed by atoms with van der Waals surface area (Å²) in [6.07, 6.45) is 7.59. The fourth-order valence-corrected chi connectivity index (χ4v) is 4.01. The molecule has 1 heterocycles. The standard InChI is InChI=1S/C18H27FN2/c1-2-10-20-13-14-7-8-18(16(19)12-14)21-11-9-15-5-3-4-6-17(15)21/h7-8,12,15,17,20H,2-6,9-11,13H2,1H3. The molecular weight excluding hydrogens is 263 g/mol. The van der Waals surface area contributed by atoms with E-state index in [1.165, 1.54) is 32.1 Å². The van der Waals surface area contributed by atoms with Crippen LogP contribution in [0.15, 0.2) is 18.2 Å². The average Bonchev–Trinajstić information content (AvgIpc) is 2.92. The number of fused-ring (bicyclic) bond motifs is 1. The first kappa shape index (κ1) is 14.8. The zero-order valence-electron chi connectivity index (χ0n) is 13.1. The number of hydrogen-bond donors (Lipinski definition) is 1. The van der Waals surface area contributed by atoms with Crippen LogP contribution in [-0.4, -0.2) is 19.1 Å². The van der Waals surface area contributed by atoms with Crippen LogP contribution >= 0.6 is 0 Å². The fourth-order valence-electron chi connectivity index (χ4n) is 4.01. The molecule has 3 heteroatoms. The van der Waals surface area contributed by atoms with E-state index in [-0.39, 0.29) is 5.82 Å². The van der Waals surface area contributed by atoms with Gasteiger partial charge >= 0.3 is 0 Å². The van der Waals surface area contributed by atoms with Crippen molar-refractivity contribution in [3.05, 3.63) is 29.6 Å². The lowest BCUT2D eigenvalue weighted by atomic mass is 9.85. The van der Waals surface area contributed by atoms with E-state index in [4.69, 9.17) is 0 Å². The number of benzene rings is 1. The van der Waals surface area contributed by atoms with E-state index in [1.54, 1.807) is 6.07 Å². The Bertz CT molecular complexity index is 474. The molecule has 116 valence electrons. The summed E-state index contributed by atoms with van der Waals surface area (Å²) in [7, 11) is 0. The van der Waals surface area contributed by atoms with Crippen molar-refractivity contribution < 1.29 is 4.39 Å². The van der Waals surface area contributed by atoms with Crippen molar-refractivity contribution in [1.29, 1.82) is 0 Å². The molecule has 1 N–H and O–H groups in total. The van der Waals surface area contributed by atoms with Crippen molar-refractivity contribution in [2.75, 3.05) is 18.0 Å². The molecule has 1 saturated heterocycles. The van der Waals surface area contributed by atoms with E-state index >= 15 is 0 Å². The zero-order chi connectivity index (χ0) is 14.7. The van der Waals surface area contributed by atoms with E-state index in [1.807, 2.05) is 6.07 Å². The van der Waals surface area contributed by atoms with Crippen LogP contribution in [0, 0.1) is 11.7 Å². The number of rotatable bonds is 5. The first-order valence-electron chi connectivity index (χ1n) is 8.55. The number of halogens is 1. The quantitative estimate of drug-likeness (QED) is 0.822. The minimum absolute atomic E-state index is 0.0444. The van der Waals surface area contributed by atoms with Gasteiger partial charge in [0.1, 0.15) is 5.82 Å². The molecule has 1 aromatic rings. The summed E-state index contributed by atoms with van der Waals surface area (Å²) in [5, 5.41) is 3.33. The second-order valence-electron chi connectivity index (χ2n) is 6.56. The second-order valence-corrected chi connectivity index (χ2v) is 6.56.